The van der Waals surface area contributed by atoms with Crippen molar-refractivity contribution in [3.63, 3.8) is 0 Å². The Morgan fingerprint density at radius 2 is 2.33 bits per heavy atom. The number of allylic oxidation sites excluding steroid dienone is 3. The van der Waals surface area contributed by atoms with Gasteiger partial charge < -0.3 is 10.6 Å². The van der Waals surface area contributed by atoms with Crippen LogP contribution in [0.1, 0.15) is 12.8 Å². The Morgan fingerprint density at radius 3 is 3.00 bits per heavy atom. The minimum Gasteiger partial charge on any atom is -0.314 e. The molecule has 1 fully saturated rings. The Balaban J connectivity index is 2.05. The highest BCUT2D eigenvalue weighted by Gasteiger charge is 2.09. The molecule has 0 saturated carbocycles. The van der Waals surface area contributed by atoms with E-state index in [4.69, 9.17) is 6.58 Å². The Labute approximate surface area is 74.7 Å². The van der Waals surface area contributed by atoms with Crippen LogP contribution < -0.4 is 10.6 Å². The average molecular weight is 165 g/mol. The van der Waals surface area contributed by atoms with Gasteiger partial charge in [0, 0.05) is 25.7 Å². The second-order valence-corrected chi connectivity index (χ2v) is 3.05. The van der Waals surface area contributed by atoms with Crippen molar-refractivity contribution in [2.75, 3.05) is 19.6 Å². The van der Waals surface area contributed by atoms with E-state index < -0.39 is 0 Å². The molecule has 0 aliphatic carbocycles. The summed E-state index contributed by atoms with van der Waals surface area (Å²) in [7, 11) is 0. The molecule has 0 aromatic rings. The topological polar surface area (TPSA) is 24.1 Å². The molecule has 0 amide bonds. The standard InChI is InChI=1S/C10H17N2/c1-2-3-4-5-6-10-9-11-7-8-12-10/h1-4,10-12H,5-9H2. The van der Waals surface area contributed by atoms with Crippen LogP contribution in [0.15, 0.2) is 18.2 Å². The molecule has 1 aliphatic heterocycles. The largest absolute Gasteiger partial charge is 0.314 e. The molecule has 1 atom stereocenters. The minimum absolute atomic E-state index is 0.640. The Hall–Kier alpha value is -0.600. The van der Waals surface area contributed by atoms with Crippen molar-refractivity contribution in [3.05, 3.63) is 24.8 Å². The van der Waals surface area contributed by atoms with E-state index in [-0.39, 0.29) is 0 Å². The highest BCUT2D eigenvalue weighted by molar-refractivity contribution is 4.96. The molecule has 1 rings (SSSR count). The molecule has 1 radical (unpaired) electrons. The summed E-state index contributed by atoms with van der Waals surface area (Å²) in [6.07, 6.45) is 7.88. The number of hydrogen-bond acceptors (Lipinski definition) is 2. The molecular formula is C10H17N2. The van der Waals surface area contributed by atoms with Crippen LogP contribution in [0.3, 0.4) is 0 Å². The summed E-state index contributed by atoms with van der Waals surface area (Å²) in [6.45, 7) is 8.50. The molecule has 2 heteroatoms. The van der Waals surface area contributed by atoms with Gasteiger partial charge in [-0.25, -0.2) is 0 Å². The fraction of sp³-hybridized carbons (Fsp3) is 0.600. The zero-order valence-corrected chi connectivity index (χ0v) is 7.42. The zero-order valence-electron chi connectivity index (χ0n) is 7.42. The third-order valence-corrected chi connectivity index (χ3v) is 2.05. The minimum atomic E-state index is 0.640. The highest BCUT2D eigenvalue weighted by atomic mass is 15.0. The predicted molar refractivity (Wildman–Crippen MR) is 51.9 cm³/mol. The van der Waals surface area contributed by atoms with Crippen LogP contribution in [0.5, 0.6) is 0 Å². The Kier molecular flexibility index (Phi) is 4.73. The second kappa shape index (κ2) is 5.98. The van der Waals surface area contributed by atoms with Gasteiger partial charge in [0.1, 0.15) is 0 Å². The molecule has 67 valence electrons. The predicted octanol–water partition coefficient (Wildman–Crippen LogP) is 0.873. The van der Waals surface area contributed by atoms with Gasteiger partial charge in [-0.3, -0.25) is 0 Å². The van der Waals surface area contributed by atoms with Crippen molar-refractivity contribution in [3.8, 4) is 0 Å². The number of hydrogen-bond donors (Lipinski definition) is 2. The quantitative estimate of drug-likeness (QED) is 0.604. The Bertz CT molecular complexity index is 146. The van der Waals surface area contributed by atoms with Crippen LogP contribution >= 0.6 is 0 Å². The lowest BCUT2D eigenvalue weighted by atomic mass is 10.1. The summed E-state index contributed by atoms with van der Waals surface area (Å²) in [5.41, 5.74) is 0. The fourth-order valence-corrected chi connectivity index (χ4v) is 1.39. The van der Waals surface area contributed by atoms with Crippen molar-refractivity contribution in [2.45, 2.75) is 18.9 Å². The monoisotopic (exact) mass is 165 g/mol. The van der Waals surface area contributed by atoms with Crippen LogP contribution in [0.2, 0.25) is 0 Å². The van der Waals surface area contributed by atoms with Crippen molar-refractivity contribution >= 4 is 0 Å². The summed E-state index contributed by atoms with van der Waals surface area (Å²) < 4.78 is 0. The van der Waals surface area contributed by atoms with Gasteiger partial charge in [-0.1, -0.05) is 24.8 Å². The lowest BCUT2D eigenvalue weighted by molar-refractivity contribution is 0.401. The van der Waals surface area contributed by atoms with E-state index in [0.717, 1.165) is 26.1 Å². The number of rotatable bonds is 4. The van der Waals surface area contributed by atoms with Gasteiger partial charge in [0.25, 0.3) is 0 Å². The molecule has 0 aromatic carbocycles. The lowest BCUT2D eigenvalue weighted by Gasteiger charge is -2.23. The first-order valence-corrected chi connectivity index (χ1v) is 4.57. The van der Waals surface area contributed by atoms with Gasteiger partial charge in [0.2, 0.25) is 0 Å². The second-order valence-electron chi connectivity index (χ2n) is 3.05. The molecule has 2 nitrogen and oxygen atoms in total. The smallest absolute Gasteiger partial charge is 0.0195 e. The first-order valence-electron chi connectivity index (χ1n) is 4.57. The van der Waals surface area contributed by atoms with Crippen LogP contribution in [0.4, 0.5) is 0 Å². The maximum atomic E-state index is 5.21. The molecule has 1 saturated heterocycles. The van der Waals surface area contributed by atoms with Gasteiger partial charge >= 0.3 is 0 Å². The van der Waals surface area contributed by atoms with Gasteiger partial charge in [0.15, 0.2) is 0 Å². The summed E-state index contributed by atoms with van der Waals surface area (Å²) >= 11 is 0. The normalized spacial score (nSPS) is 24.5. The van der Waals surface area contributed by atoms with Crippen molar-refractivity contribution in [2.24, 2.45) is 0 Å². The van der Waals surface area contributed by atoms with Gasteiger partial charge in [-0.2, -0.15) is 0 Å². The van der Waals surface area contributed by atoms with Crippen LogP contribution in [-0.4, -0.2) is 25.7 Å². The molecule has 0 bridgehead atoms. The number of piperazine rings is 1. The van der Waals surface area contributed by atoms with E-state index >= 15 is 0 Å². The summed E-state index contributed by atoms with van der Waals surface area (Å²) in [6, 6.07) is 0.640. The maximum absolute atomic E-state index is 5.21. The highest BCUT2D eigenvalue weighted by Crippen LogP contribution is 1.99. The van der Waals surface area contributed by atoms with Crippen LogP contribution in [0.25, 0.3) is 0 Å². The van der Waals surface area contributed by atoms with Gasteiger partial charge in [-0.05, 0) is 12.8 Å². The van der Waals surface area contributed by atoms with E-state index in [2.05, 4.69) is 16.7 Å². The summed E-state index contributed by atoms with van der Waals surface area (Å²) in [5, 5.41) is 6.81. The SMILES string of the molecule is [CH]=CC=CCCC1CNCCN1. The van der Waals surface area contributed by atoms with Gasteiger partial charge in [0.05, 0.1) is 0 Å². The first kappa shape index (κ1) is 9.49. The molecule has 2 N–H and O–H groups in total. The van der Waals surface area contributed by atoms with Gasteiger partial charge in [-0.15, -0.1) is 0 Å². The third-order valence-electron chi connectivity index (χ3n) is 2.05. The van der Waals surface area contributed by atoms with E-state index in [1.54, 1.807) is 6.08 Å². The molecule has 1 unspecified atom stereocenters. The maximum Gasteiger partial charge on any atom is 0.0195 e. The molecule has 12 heavy (non-hydrogen) atoms. The summed E-state index contributed by atoms with van der Waals surface area (Å²) in [4.78, 5) is 0. The fourth-order valence-electron chi connectivity index (χ4n) is 1.39. The molecule has 1 aliphatic rings. The van der Waals surface area contributed by atoms with Crippen molar-refractivity contribution < 1.29 is 0 Å². The summed E-state index contributed by atoms with van der Waals surface area (Å²) in [5.74, 6) is 0. The van der Waals surface area contributed by atoms with E-state index in [1.165, 1.54) is 6.42 Å². The lowest BCUT2D eigenvalue weighted by Crippen LogP contribution is -2.48. The molecular weight excluding hydrogens is 148 g/mol. The van der Waals surface area contributed by atoms with Crippen LogP contribution in [-0.2, 0) is 0 Å². The van der Waals surface area contributed by atoms with E-state index in [9.17, 15) is 0 Å². The first-order chi connectivity index (χ1) is 5.93. The molecule has 0 aromatic heterocycles. The molecule has 0 spiro atoms. The zero-order chi connectivity index (χ0) is 8.65. The Morgan fingerprint density at radius 1 is 1.42 bits per heavy atom. The van der Waals surface area contributed by atoms with Crippen LogP contribution in [0, 0.1) is 6.58 Å². The third kappa shape index (κ3) is 3.69. The van der Waals surface area contributed by atoms with Crippen molar-refractivity contribution in [1.82, 2.24) is 10.6 Å². The van der Waals surface area contributed by atoms with E-state index in [0.29, 0.717) is 6.04 Å². The molecule has 1 heterocycles. The van der Waals surface area contributed by atoms with Crippen molar-refractivity contribution in [1.29, 1.82) is 0 Å². The number of nitrogens with one attached hydrogen (secondary N) is 2. The van der Waals surface area contributed by atoms with E-state index in [1.807, 2.05) is 6.08 Å². The average Bonchev–Trinajstić information content (AvgIpc) is 2.14.